The lowest BCUT2D eigenvalue weighted by Crippen LogP contribution is -2.41. The number of rotatable bonds is 9. The van der Waals surface area contributed by atoms with Crippen molar-refractivity contribution in [2.75, 3.05) is 32.5 Å². The predicted octanol–water partition coefficient (Wildman–Crippen LogP) is 1.65. The fourth-order valence-electron chi connectivity index (χ4n) is 3.36. The number of benzene rings is 1. The van der Waals surface area contributed by atoms with Crippen LogP contribution in [-0.2, 0) is 26.5 Å². The number of aromatic nitrogens is 1. The van der Waals surface area contributed by atoms with Crippen LogP contribution in [0.4, 0.5) is 0 Å². The lowest BCUT2D eigenvalue weighted by Gasteiger charge is -2.31. The maximum absolute atomic E-state index is 12.6. The second-order valence-corrected chi connectivity index (χ2v) is 11.2. The number of piperidine rings is 1. The van der Waals surface area contributed by atoms with E-state index in [4.69, 9.17) is 4.74 Å². The second-order valence-electron chi connectivity index (χ2n) is 7.30. The highest BCUT2D eigenvalue weighted by Crippen LogP contribution is 2.23. The molecule has 1 aliphatic heterocycles. The molecule has 0 atom stereocenters. The van der Waals surface area contributed by atoms with Crippen molar-refractivity contribution in [1.82, 2.24) is 14.0 Å². The molecule has 1 N–H and O–H groups in total. The summed E-state index contributed by atoms with van der Waals surface area (Å²) in [5, 5.41) is 0. The van der Waals surface area contributed by atoms with E-state index in [1.807, 2.05) is 24.3 Å². The fraction of sp³-hybridized carbons (Fsp3) is 0.450. The zero-order valence-corrected chi connectivity index (χ0v) is 18.5. The van der Waals surface area contributed by atoms with Gasteiger partial charge in [-0.1, -0.05) is 12.1 Å². The van der Waals surface area contributed by atoms with Gasteiger partial charge < -0.3 is 4.74 Å². The lowest BCUT2D eigenvalue weighted by molar-refractivity contribution is 0.274. The molecule has 1 aromatic carbocycles. The van der Waals surface area contributed by atoms with E-state index in [0.29, 0.717) is 38.9 Å². The third kappa shape index (κ3) is 6.00. The fourth-order valence-corrected chi connectivity index (χ4v) is 5.94. The SMILES string of the molecule is COc1ccc(CCS(=O)(=O)NCC2CCN(S(=O)(=O)c3cccnc3)CC2)cc1. The Morgan fingerprint density at radius 2 is 1.80 bits per heavy atom. The summed E-state index contributed by atoms with van der Waals surface area (Å²) in [5.74, 6) is 0.853. The minimum absolute atomic E-state index is 0.00750. The van der Waals surface area contributed by atoms with Crippen LogP contribution in [0.3, 0.4) is 0 Å². The van der Waals surface area contributed by atoms with Crippen LogP contribution in [0.15, 0.2) is 53.7 Å². The summed E-state index contributed by atoms with van der Waals surface area (Å²) >= 11 is 0. The van der Waals surface area contributed by atoms with E-state index in [0.717, 1.165) is 11.3 Å². The highest BCUT2D eigenvalue weighted by Gasteiger charge is 2.29. The summed E-state index contributed by atoms with van der Waals surface area (Å²) < 4.78 is 59.2. The first-order chi connectivity index (χ1) is 14.3. The zero-order chi connectivity index (χ0) is 21.6. The van der Waals surface area contributed by atoms with Gasteiger partial charge in [-0.2, -0.15) is 4.31 Å². The number of hydrogen-bond acceptors (Lipinski definition) is 6. The maximum atomic E-state index is 12.6. The summed E-state index contributed by atoms with van der Waals surface area (Å²) in [6, 6.07) is 10.5. The number of nitrogens with one attached hydrogen (secondary N) is 1. The minimum atomic E-state index is -3.55. The second kappa shape index (κ2) is 9.86. The van der Waals surface area contributed by atoms with Gasteiger partial charge in [0.15, 0.2) is 0 Å². The summed E-state index contributed by atoms with van der Waals surface area (Å²) in [6.45, 7) is 1.07. The molecule has 10 heteroatoms. The molecule has 1 aliphatic rings. The quantitative estimate of drug-likeness (QED) is 0.619. The van der Waals surface area contributed by atoms with Gasteiger partial charge in [-0.3, -0.25) is 4.98 Å². The van der Waals surface area contributed by atoms with Crippen molar-refractivity contribution < 1.29 is 21.6 Å². The van der Waals surface area contributed by atoms with E-state index < -0.39 is 20.0 Å². The largest absolute Gasteiger partial charge is 0.497 e. The molecule has 0 radical (unpaired) electrons. The summed E-state index contributed by atoms with van der Waals surface area (Å²) in [6.07, 6.45) is 4.52. The number of sulfonamides is 2. The average Bonchev–Trinajstić information content (AvgIpc) is 2.78. The molecule has 1 aromatic heterocycles. The molecule has 0 amide bonds. The van der Waals surface area contributed by atoms with Crippen molar-refractivity contribution in [3.63, 3.8) is 0 Å². The number of methoxy groups -OCH3 is 1. The van der Waals surface area contributed by atoms with Crippen LogP contribution >= 0.6 is 0 Å². The standard InChI is InChI=1S/C20H27N3O5S2/c1-28-19-6-4-17(5-7-19)10-14-29(24,25)22-15-18-8-12-23(13-9-18)30(26,27)20-3-2-11-21-16-20/h2-7,11,16,18,22H,8-10,12-15H2,1H3. The third-order valence-corrected chi connectivity index (χ3v) is 8.49. The van der Waals surface area contributed by atoms with E-state index >= 15 is 0 Å². The average molecular weight is 454 g/mol. The topological polar surface area (TPSA) is 106 Å². The Balaban J connectivity index is 1.45. The minimum Gasteiger partial charge on any atom is -0.497 e. The first-order valence-corrected chi connectivity index (χ1v) is 12.9. The lowest BCUT2D eigenvalue weighted by atomic mass is 9.99. The molecule has 3 rings (SSSR count). The van der Waals surface area contributed by atoms with Gasteiger partial charge in [0, 0.05) is 32.0 Å². The molecular formula is C20H27N3O5S2. The first-order valence-electron chi connectivity index (χ1n) is 9.80. The van der Waals surface area contributed by atoms with Crippen molar-refractivity contribution >= 4 is 20.0 Å². The van der Waals surface area contributed by atoms with Gasteiger partial charge in [0.25, 0.3) is 0 Å². The number of pyridine rings is 1. The molecular weight excluding hydrogens is 426 g/mol. The van der Waals surface area contributed by atoms with Crippen molar-refractivity contribution in [3.05, 3.63) is 54.4 Å². The highest BCUT2D eigenvalue weighted by molar-refractivity contribution is 7.89. The van der Waals surface area contributed by atoms with Gasteiger partial charge in [0.1, 0.15) is 10.6 Å². The van der Waals surface area contributed by atoms with Crippen molar-refractivity contribution in [2.45, 2.75) is 24.2 Å². The monoisotopic (exact) mass is 453 g/mol. The van der Waals surface area contributed by atoms with Crippen LogP contribution < -0.4 is 9.46 Å². The smallest absolute Gasteiger partial charge is 0.244 e. The summed E-state index contributed by atoms with van der Waals surface area (Å²) in [4.78, 5) is 4.06. The van der Waals surface area contributed by atoms with Gasteiger partial charge in [0.2, 0.25) is 20.0 Å². The summed E-state index contributed by atoms with van der Waals surface area (Å²) in [7, 11) is -5.37. The van der Waals surface area contributed by atoms with Crippen LogP contribution in [0.1, 0.15) is 18.4 Å². The maximum Gasteiger partial charge on any atom is 0.244 e. The Morgan fingerprint density at radius 1 is 1.10 bits per heavy atom. The number of nitrogens with zero attached hydrogens (tertiary/aromatic N) is 2. The van der Waals surface area contributed by atoms with Crippen LogP contribution in [-0.4, -0.2) is 58.6 Å². The van der Waals surface area contributed by atoms with E-state index in [2.05, 4.69) is 9.71 Å². The Labute approximate surface area is 178 Å². The van der Waals surface area contributed by atoms with E-state index in [-0.39, 0.29) is 16.6 Å². The van der Waals surface area contributed by atoms with Crippen molar-refractivity contribution in [2.24, 2.45) is 5.92 Å². The van der Waals surface area contributed by atoms with Gasteiger partial charge in [-0.05, 0) is 55.0 Å². The molecule has 2 aromatic rings. The Morgan fingerprint density at radius 3 is 2.40 bits per heavy atom. The molecule has 1 saturated heterocycles. The van der Waals surface area contributed by atoms with E-state index in [1.54, 1.807) is 13.2 Å². The van der Waals surface area contributed by atoms with Crippen molar-refractivity contribution in [3.8, 4) is 5.75 Å². The van der Waals surface area contributed by atoms with Crippen LogP contribution in [0.25, 0.3) is 0 Å². The Hall–Kier alpha value is -2.01. The number of aryl methyl sites for hydroxylation is 1. The van der Waals surface area contributed by atoms with Crippen LogP contribution in [0.2, 0.25) is 0 Å². The molecule has 8 nitrogen and oxygen atoms in total. The van der Waals surface area contributed by atoms with Gasteiger partial charge in [0.05, 0.1) is 12.9 Å². The summed E-state index contributed by atoms with van der Waals surface area (Å²) in [5.41, 5.74) is 0.926. The van der Waals surface area contributed by atoms with E-state index in [1.165, 1.54) is 22.8 Å². The first kappa shape index (κ1) is 22.7. The number of ether oxygens (including phenoxy) is 1. The normalized spacial score (nSPS) is 16.4. The molecule has 0 spiro atoms. The molecule has 30 heavy (non-hydrogen) atoms. The van der Waals surface area contributed by atoms with E-state index in [9.17, 15) is 16.8 Å². The predicted molar refractivity (Wildman–Crippen MR) is 114 cm³/mol. The van der Waals surface area contributed by atoms with Crippen LogP contribution in [0.5, 0.6) is 5.75 Å². The molecule has 2 heterocycles. The molecule has 0 bridgehead atoms. The molecule has 164 valence electrons. The Bertz CT molecular complexity index is 1020. The highest BCUT2D eigenvalue weighted by atomic mass is 32.2. The zero-order valence-electron chi connectivity index (χ0n) is 16.9. The van der Waals surface area contributed by atoms with Crippen LogP contribution in [0, 0.1) is 5.92 Å². The Kier molecular flexibility index (Phi) is 7.45. The van der Waals surface area contributed by atoms with Crippen molar-refractivity contribution in [1.29, 1.82) is 0 Å². The number of hydrogen-bond donors (Lipinski definition) is 1. The molecule has 0 aliphatic carbocycles. The molecule has 0 unspecified atom stereocenters. The van der Waals surface area contributed by atoms with Gasteiger partial charge in [-0.25, -0.2) is 21.6 Å². The van der Waals surface area contributed by atoms with Gasteiger partial charge in [-0.15, -0.1) is 0 Å². The molecule has 1 fully saturated rings. The van der Waals surface area contributed by atoms with Gasteiger partial charge >= 0.3 is 0 Å². The third-order valence-electron chi connectivity index (χ3n) is 5.26. The molecule has 0 saturated carbocycles.